The van der Waals surface area contributed by atoms with Gasteiger partial charge in [0.2, 0.25) is 5.89 Å². The van der Waals surface area contributed by atoms with Crippen molar-refractivity contribution in [3.05, 3.63) is 23.6 Å². The predicted octanol–water partition coefficient (Wildman–Crippen LogP) is 2.31. The Kier molecular flexibility index (Phi) is 3.38. The Bertz CT molecular complexity index is 526. The number of rotatable bonds is 3. The van der Waals surface area contributed by atoms with E-state index in [1.54, 1.807) is 10.9 Å². The average molecular weight is 270 g/mol. The lowest BCUT2D eigenvalue weighted by molar-refractivity contribution is 0.317. The van der Waals surface area contributed by atoms with Crippen LogP contribution in [0.4, 0.5) is 0 Å². The normalized spacial score (nSPS) is 13.8. The highest BCUT2D eigenvalue weighted by Crippen LogP contribution is 2.20. The highest BCUT2D eigenvalue weighted by molar-refractivity contribution is 6.20. The first-order valence-corrected chi connectivity index (χ1v) is 6.17. The van der Waals surface area contributed by atoms with Gasteiger partial charge in [-0.05, 0) is 6.92 Å². The van der Waals surface area contributed by atoms with E-state index in [-0.39, 0.29) is 10.8 Å². The van der Waals surface area contributed by atoms with E-state index in [1.165, 1.54) is 0 Å². The first kappa shape index (κ1) is 13.0. The molecule has 1 unspecified atom stereocenters. The summed E-state index contributed by atoms with van der Waals surface area (Å²) in [5.74, 6) is 1.20. The van der Waals surface area contributed by atoms with Crippen LogP contribution in [0.5, 0.6) is 0 Å². The quantitative estimate of drug-likeness (QED) is 0.800. The van der Waals surface area contributed by atoms with Crippen molar-refractivity contribution in [3.63, 3.8) is 0 Å². The van der Waals surface area contributed by atoms with Gasteiger partial charge in [-0.1, -0.05) is 31.1 Å². The molecule has 0 aliphatic rings. The van der Waals surface area contributed by atoms with Gasteiger partial charge in [0.15, 0.2) is 5.82 Å². The number of halogens is 1. The van der Waals surface area contributed by atoms with Crippen LogP contribution in [0.1, 0.15) is 50.5 Å². The zero-order valence-electron chi connectivity index (χ0n) is 10.9. The number of aromatic nitrogens is 5. The van der Waals surface area contributed by atoms with E-state index in [9.17, 15) is 0 Å². The van der Waals surface area contributed by atoms with Gasteiger partial charge in [0.05, 0.1) is 11.6 Å². The van der Waals surface area contributed by atoms with E-state index in [2.05, 4.69) is 20.5 Å². The molecule has 0 amide bonds. The highest BCUT2D eigenvalue weighted by Gasteiger charge is 2.21. The van der Waals surface area contributed by atoms with E-state index >= 15 is 0 Å². The van der Waals surface area contributed by atoms with Crippen LogP contribution < -0.4 is 0 Å². The molecule has 0 fully saturated rings. The molecule has 0 bridgehead atoms. The van der Waals surface area contributed by atoms with E-state index in [0.29, 0.717) is 18.3 Å². The molecule has 6 nitrogen and oxygen atoms in total. The molecular weight excluding hydrogens is 254 g/mol. The maximum atomic E-state index is 5.92. The van der Waals surface area contributed by atoms with Crippen molar-refractivity contribution in [2.24, 2.45) is 0 Å². The standard InChI is InChI=1S/C11H16ClN5O/c1-7(12)8-5-17(16-14-8)6-9-13-10(18-15-9)11(2,3)4/h5,7H,6H2,1-4H3. The second-order valence-corrected chi connectivity index (χ2v) is 5.88. The van der Waals surface area contributed by atoms with Crippen LogP contribution in [-0.2, 0) is 12.0 Å². The zero-order chi connectivity index (χ0) is 13.3. The third kappa shape index (κ3) is 2.87. The Hall–Kier alpha value is -1.43. The molecule has 0 aliphatic carbocycles. The van der Waals surface area contributed by atoms with Gasteiger partial charge in [-0.2, -0.15) is 4.98 Å². The lowest BCUT2D eigenvalue weighted by Crippen LogP contribution is -2.12. The number of hydrogen-bond acceptors (Lipinski definition) is 5. The van der Waals surface area contributed by atoms with Crippen LogP contribution in [0.3, 0.4) is 0 Å². The summed E-state index contributed by atoms with van der Waals surface area (Å²) in [5, 5.41) is 11.7. The fourth-order valence-electron chi connectivity index (χ4n) is 1.34. The van der Waals surface area contributed by atoms with E-state index in [1.807, 2.05) is 27.7 Å². The summed E-state index contributed by atoms with van der Waals surface area (Å²) in [4.78, 5) is 4.33. The van der Waals surface area contributed by atoms with Crippen LogP contribution in [0.25, 0.3) is 0 Å². The minimum absolute atomic E-state index is 0.149. The third-order valence-corrected chi connectivity index (χ3v) is 2.60. The molecule has 98 valence electrons. The third-order valence-electron chi connectivity index (χ3n) is 2.38. The Balaban J connectivity index is 2.11. The van der Waals surface area contributed by atoms with Crippen molar-refractivity contribution in [2.75, 3.05) is 0 Å². The first-order chi connectivity index (χ1) is 8.36. The second kappa shape index (κ2) is 4.68. The summed E-state index contributed by atoms with van der Waals surface area (Å²) in [5.41, 5.74) is 0.583. The molecule has 1 atom stereocenters. The smallest absolute Gasteiger partial charge is 0.232 e. The van der Waals surface area contributed by atoms with E-state index < -0.39 is 0 Å². The van der Waals surface area contributed by atoms with E-state index in [4.69, 9.17) is 16.1 Å². The fraction of sp³-hybridized carbons (Fsp3) is 0.636. The van der Waals surface area contributed by atoms with Crippen molar-refractivity contribution in [1.29, 1.82) is 0 Å². The Morgan fingerprint density at radius 1 is 1.44 bits per heavy atom. The van der Waals surface area contributed by atoms with Crippen molar-refractivity contribution in [2.45, 2.75) is 45.0 Å². The molecule has 0 N–H and O–H groups in total. The molecular formula is C11H16ClN5O. The van der Waals surface area contributed by atoms with Crippen LogP contribution in [0, 0.1) is 0 Å². The molecule has 2 rings (SSSR count). The lowest BCUT2D eigenvalue weighted by atomic mass is 9.97. The van der Waals surface area contributed by atoms with Crippen LogP contribution in [0.2, 0.25) is 0 Å². The summed E-state index contributed by atoms with van der Waals surface area (Å²) in [6.45, 7) is 8.34. The zero-order valence-corrected chi connectivity index (χ0v) is 11.6. The first-order valence-electron chi connectivity index (χ1n) is 5.73. The number of nitrogens with zero attached hydrogens (tertiary/aromatic N) is 5. The summed E-state index contributed by atoms with van der Waals surface area (Å²) in [7, 11) is 0. The molecule has 0 aliphatic heterocycles. The molecule has 0 spiro atoms. The average Bonchev–Trinajstić information content (AvgIpc) is 2.85. The molecule has 2 aromatic heterocycles. The summed E-state index contributed by atoms with van der Waals surface area (Å²) < 4.78 is 6.85. The van der Waals surface area contributed by atoms with Gasteiger partial charge < -0.3 is 4.52 Å². The monoisotopic (exact) mass is 269 g/mol. The maximum absolute atomic E-state index is 5.92. The highest BCUT2D eigenvalue weighted by atomic mass is 35.5. The molecule has 2 heterocycles. The van der Waals surface area contributed by atoms with Crippen molar-refractivity contribution in [3.8, 4) is 0 Å². The molecule has 0 radical (unpaired) electrons. The lowest BCUT2D eigenvalue weighted by Gasteiger charge is -2.10. The van der Waals surface area contributed by atoms with Crippen molar-refractivity contribution >= 4 is 11.6 Å². The molecule has 18 heavy (non-hydrogen) atoms. The van der Waals surface area contributed by atoms with Gasteiger partial charge in [-0.3, -0.25) is 0 Å². The minimum Gasteiger partial charge on any atom is -0.339 e. The summed E-state index contributed by atoms with van der Waals surface area (Å²) >= 11 is 5.92. The largest absolute Gasteiger partial charge is 0.339 e. The molecule has 0 saturated heterocycles. The second-order valence-electron chi connectivity index (χ2n) is 5.22. The minimum atomic E-state index is -0.158. The van der Waals surface area contributed by atoms with Gasteiger partial charge in [-0.15, -0.1) is 16.7 Å². The Labute approximate surface area is 110 Å². The Morgan fingerprint density at radius 2 is 2.17 bits per heavy atom. The van der Waals surface area contributed by atoms with Crippen molar-refractivity contribution < 1.29 is 4.52 Å². The van der Waals surface area contributed by atoms with Crippen LogP contribution in [-0.4, -0.2) is 25.1 Å². The van der Waals surface area contributed by atoms with Gasteiger partial charge in [0.25, 0.3) is 0 Å². The predicted molar refractivity (Wildman–Crippen MR) is 66.4 cm³/mol. The summed E-state index contributed by atoms with van der Waals surface area (Å²) in [6, 6.07) is 0. The van der Waals surface area contributed by atoms with Gasteiger partial charge in [0, 0.05) is 5.41 Å². The Morgan fingerprint density at radius 3 is 2.67 bits per heavy atom. The number of hydrogen-bond donors (Lipinski definition) is 0. The van der Waals surface area contributed by atoms with Gasteiger partial charge in [-0.25, -0.2) is 4.68 Å². The topological polar surface area (TPSA) is 69.6 Å². The van der Waals surface area contributed by atoms with Crippen LogP contribution in [0.15, 0.2) is 10.7 Å². The number of alkyl halides is 1. The molecule has 2 aromatic rings. The van der Waals surface area contributed by atoms with E-state index in [0.717, 1.165) is 5.69 Å². The van der Waals surface area contributed by atoms with Crippen molar-refractivity contribution in [1.82, 2.24) is 25.1 Å². The van der Waals surface area contributed by atoms with Crippen LogP contribution >= 0.6 is 11.6 Å². The van der Waals surface area contributed by atoms with Gasteiger partial charge in [0.1, 0.15) is 12.2 Å². The molecule has 0 saturated carbocycles. The molecule has 7 heteroatoms. The summed E-state index contributed by atoms with van der Waals surface area (Å²) in [6.07, 6.45) is 1.78. The molecule has 0 aromatic carbocycles. The maximum Gasteiger partial charge on any atom is 0.232 e. The fourth-order valence-corrected chi connectivity index (χ4v) is 1.44. The van der Waals surface area contributed by atoms with Gasteiger partial charge >= 0.3 is 0 Å². The SMILES string of the molecule is CC(Cl)c1cn(Cc2noc(C(C)(C)C)n2)nn1.